The van der Waals surface area contributed by atoms with Crippen molar-refractivity contribution < 1.29 is 9.18 Å². The van der Waals surface area contributed by atoms with Gasteiger partial charge in [-0.15, -0.1) is 0 Å². The van der Waals surface area contributed by atoms with Crippen LogP contribution in [0.3, 0.4) is 0 Å². The molecule has 3 aromatic rings. The van der Waals surface area contributed by atoms with Crippen LogP contribution in [0.15, 0.2) is 41.3 Å². The van der Waals surface area contributed by atoms with E-state index in [0.717, 1.165) is 40.3 Å². The van der Waals surface area contributed by atoms with Crippen LogP contribution < -0.4 is 10.2 Å². The molecule has 0 aliphatic carbocycles. The first-order chi connectivity index (χ1) is 12.5. The fourth-order valence-electron chi connectivity index (χ4n) is 3.31. The molecule has 1 aliphatic heterocycles. The first-order valence-electron chi connectivity index (χ1n) is 8.33. The lowest BCUT2D eigenvalue weighted by atomic mass is 10.2. The monoisotopic (exact) mass is 417 g/mol. The fourth-order valence-corrected chi connectivity index (χ4v) is 3.91. The number of carbonyl (C=O) groups is 1. The van der Waals surface area contributed by atoms with Crippen molar-refractivity contribution in [1.82, 2.24) is 19.7 Å². The van der Waals surface area contributed by atoms with Crippen LogP contribution in [-0.4, -0.2) is 39.4 Å². The third-order valence-corrected chi connectivity index (χ3v) is 5.24. The van der Waals surface area contributed by atoms with Gasteiger partial charge in [-0.2, -0.15) is 0 Å². The van der Waals surface area contributed by atoms with E-state index in [4.69, 9.17) is 4.98 Å². The van der Waals surface area contributed by atoms with E-state index in [2.05, 4.69) is 31.1 Å². The highest BCUT2D eigenvalue weighted by atomic mass is 79.9. The number of aromatic nitrogens is 3. The molecule has 0 unspecified atom stereocenters. The van der Waals surface area contributed by atoms with Gasteiger partial charge in [-0.05, 0) is 46.6 Å². The maximum Gasteiger partial charge on any atom is 0.217 e. The number of hydrogen-bond acceptors (Lipinski definition) is 4. The predicted molar refractivity (Wildman–Crippen MR) is 101 cm³/mol. The number of amides is 1. The summed E-state index contributed by atoms with van der Waals surface area (Å²) in [6.07, 6.45) is 4.44. The standard InChI is InChI=1S/C18H17BrFN5O/c1-11(26)22-14-6-8-24(10-14)17-18-23-15(12-2-4-13(20)5-3-12)16(19)25(18)9-7-21-17/h2-5,7,9,14H,6,8,10H2,1H3,(H,22,26)/t14-/m1/s1. The molecule has 8 heteroatoms. The van der Waals surface area contributed by atoms with Gasteiger partial charge in [0, 0.05) is 44.0 Å². The van der Waals surface area contributed by atoms with Crippen LogP contribution >= 0.6 is 15.9 Å². The molecule has 6 nitrogen and oxygen atoms in total. The average molecular weight is 418 g/mol. The number of nitrogens with one attached hydrogen (secondary N) is 1. The SMILES string of the molecule is CC(=O)N[C@@H]1CCN(c2nccn3c(Br)c(-c4ccc(F)cc4)nc23)C1. The van der Waals surface area contributed by atoms with Gasteiger partial charge < -0.3 is 10.2 Å². The molecule has 2 aromatic heterocycles. The Balaban J connectivity index is 1.72. The summed E-state index contributed by atoms with van der Waals surface area (Å²) in [6.45, 7) is 3.03. The van der Waals surface area contributed by atoms with Crippen LogP contribution in [0.1, 0.15) is 13.3 Å². The normalized spacial score (nSPS) is 17.0. The third kappa shape index (κ3) is 3.05. The second kappa shape index (κ2) is 6.68. The van der Waals surface area contributed by atoms with Crippen molar-refractivity contribution in [3.8, 4) is 11.3 Å². The lowest BCUT2D eigenvalue weighted by Gasteiger charge is -2.18. The summed E-state index contributed by atoms with van der Waals surface area (Å²) in [7, 11) is 0. The minimum absolute atomic E-state index is 0.0230. The van der Waals surface area contributed by atoms with Gasteiger partial charge in [-0.25, -0.2) is 14.4 Å². The molecule has 4 rings (SSSR count). The van der Waals surface area contributed by atoms with Gasteiger partial charge in [-0.1, -0.05) is 0 Å². The Morgan fingerprint density at radius 2 is 2.12 bits per heavy atom. The lowest BCUT2D eigenvalue weighted by molar-refractivity contribution is -0.119. The van der Waals surface area contributed by atoms with Crippen molar-refractivity contribution in [2.75, 3.05) is 18.0 Å². The molecule has 0 saturated carbocycles. The van der Waals surface area contributed by atoms with Crippen molar-refractivity contribution in [3.63, 3.8) is 0 Å². The van der Waals surface area contributed by atoms with Crippen molar-refractivity contribution in [1.29, 1.82) is 0 Å². The van der Waals surface area contributed by atoms with Gasteiger partial charge >= 0.3 is 0 Å². The molecule has 1 fully saturated rings. The van der Waals surface area contributed by atoms with Crippen LogP contribution in [0.25, 0.3) is 16.9 Å². The number of carbonyl (C=O) groups excluding carboxylic acids is 1. The molecule has 0 spiro atoms. The van der Waals surface area contributed by atoms with Crippen LogP contribution in [0.2, 0.25) is 0 Å². The Morgan fingerprint density at radius 3 is 2.85 bits per heavy atom. The first-order valence-corrected chi connectivity index (χ1v) is 9.13. The molecular weight excluding hydrogens is 401 g/mol. The molecule has 1 aromatic carbocycles. The number of fused-ring (bicyclic) bond motifs is 1. The Kier molecular flexibility index (Phi) is 4.36. The van der Waals surface area contributed by atoms with E-state index in [1.807, 2.05) is 10.6 Å². The topological polar surface area (TPSA) is 62.5 Å². The Labute approximate surface area is 158 Å². The molecule has 0 bridgehead atoms. The summed E-state index contributed by atoms with van der Waals surface area (Å²) in [4.78, 5) is 22.7. The van der Waals surface area contributed by atoms with E-state index >= 15 is 0 Å². The number of benzene rings is 1. The van der Waals surface area contributed by atoms with Crippen LogP contribution in [0.4, 0.5) is 10.2 Å². The largest absolute Gasteiger partial charge is 0.352 e. The summed E-state index contributed by atoms with van der Waals surface area (Å²) < 4.78 is 15.9. The summed E-state index contributed by atoms with van der Waals surface area (Å²) in [5.74, 6) is 0.469. The first kappa shape index (κ1) is 17.0. The summed E-state index contributed by atoms with van der Waals surface area (Å²) in [6, 6.07) is 6.37. The highest BCUT2D eigenvalue weighted by Gasteiger charge is 2.27. The maximum absolute atomic E-state index is 13.2. The second-order valence-electron chi connectivity index (χ2n) is 6.33. The zero-order valence-corrected chi connectivity index (χ0v) is 15.7. The summed E-state index contributed by atoms with van der Waals surface area (Å²) >= 11 is 3.60. The van der Waals surface area contributed by atoms with E-state index in [1.165, 1.54) is 19.1 Å². The van der Waals surface area contributed by atoms with Gasteiger partial charge in [0.1, 0.15) is 16.1 Å². The molecular formula is C18H17BrFN5O. The minimum atomic E-state index is -0.280. The van der Waals surface area contributed by atoms with Gasteiger partial charge in [0.05, 0.1) is 0 Å². The third-order valence-electron chi connectivity index (χ3n) is 4.48. The van der Waals surface area contributed by atoms with Crippen molar-refractivity contribution in [2.24, 2.45) is 0 Å². The van der Waals surface area contributed by atoms with Gasteiger partial charge in [0.2, 0.25) is 5.91 Å². The van der Waals surface area contributed by atoms with Gasteiger partial charge in [-0.3, -0.25) is 9.20 Å². The lowest BCUT2D eigenvalue weighted by Crippen LogP contribution is -2.35. The van der Waals surface area contributed by atoms with E-state index in [0.29, 0.717) is 6.54 Å². The smallest absolute Gasteiger partial charge is 0.217 e. The molecule has 1 atom stereocenters. The van der Waals surface area contributed by atoms with Gasteiger partial charge in [0.15, 0.2) is 11.5 Å². The molecule has 1 saturated heterocycles. The molecule has 134 valence electrons. The minimum Gasteiger partial charge on any atom is -0.352 e. The van der Waals surface area contributed by atoms with Crippen LogP contribution in [-0.2, 0) is 4.79 Å². The van der Waals surface area contributed by atoms with E-state index < -0.39 is 0 Å². The van der Waals surface area contributed by atoms with E-state index in [9.17, 15) is 9.18 Å². The molecule has 1 amide bonds. The molecule has 1 aliphatic rings. The highest BCUT2D eigenvalue weighted by molar-refractivity contribution is 9.10. The zero-order chi connectivity index (χ0) is 18.3. The number of hydrogen-bond donors (Lipinski definition) is 1. The highest BCUT2D eigenvalue weighted by Crippen LogP contribution is 2.32. The van der Waals surface area contributed by atoms with Crippen molar-refractivity contribution in [3.05, 3.63) is 47.1 Å². The second-order valence-corrected chi connectivity index (χ2v) is 7.09. The fraction of sp³-hybridized carbons (Fsp3) is 0.278. The number of anilines is 1. The number of nitrogens with zero attached hydrogens (tertiary/aromatic N) is 4. The summed E-state index contributed by atoms with van der Waals surface area (Å²) in [5.41, 5.74) is 2.28. The van der Waals surface area contributed by atoms with Gasteiger partial charge in [0.25, 0.3) is 0 Å². The Morgan fingerprint density at radius 1 is 1.35 bits per heavy atom. The van der Waals surface area contributed by atoms with Crippen molar-refractivity contribution in [2.45, 2.75) is 19.4 Å². The number of rotatable bonds is 3. The summed E-state index contributed by atoms with van der Waals surface area (Å²) in [5, 5.41) is 2.96. The number of imidazole rings is 1. The molecule has 1 N–H and O–H groups in total. The van der Waals surface area contributed by atoms with Crippen molar-refractivity contribution >= 4 is 33.3 Å². The number of halogens is 2. The maximum atomic E-state index is 13.2. The van der Waals surface area contributed by atoms with Crippen LogP contribution in [0, 0.1) is 5.82 Å². The molecule has 26 heavy (non-hydrogen) atoms. The van der Waals surface area contributed by atoms with E-state index in [-0.39, 0.29) is 17.8 Å². The quantitative estimate of drug-likeness (QED) is 0.711. The Bertz CT molecular complexity index is 972. The predicted octanol–water partition coefficient (Wildman–Crippen LogP) is 3.01. The Hall–Kier alpha value is -2.48. The van der Waals surface area contributed by atoms with E-state index in [1.54, 1.807) is 18.3 Å². The molecule has 0 radical (unpaired) electrons. The average Bonchev–Trinajstić information content (AvgIpc) is 3.20. The van der Waals surface area contributed by atoms with Crippen LogP contribution in [0.5, 0.6) is 0 Å². The zero-order valence-electron chi connectivity index (χ0n) is 14.1. The molecule has 3 heterocycles.